The minimum atomic E-state index is -0.618. The number of hydrogen-bond acceptors (Lipinski definition) is 3. The Morgan fingerprint density at radius 1 is 1.24 bits per heavy atom. The number of benzene rings is 2. The zero-order chi connectivity index (χ0) is 18.0. The molecule has 130 valence electrons. The lowest BCUT2D eigenvalue weighted by molar-refractivity contribution is 0.0938. The summed E-state index contributed by atoms with van der Waals surface area (Å²) in [6.07, 6.45) is 0. The van der Waals surface area contributed by atoms with Crippen LogP contribution in [0.3, 0.4) is 0 Å². The number of halogens is 2. The van der Waals surface area contributed by atoms with E-state index in [1.807, 2.05) is 31.1 Å². The second-order valence-electron chi connectivity index (χ2n) is 5.97. The molecule has 3 aromatic rings. The van der Waals surface area contributed by atoms with Crippen LogP contribution in [0.5, 0.6) is 0 Å². The van der Waals surface area contributed by atoms with Crippen molar-refractivity contribution in [1.29, 1.82) is 0 Å². The van der Waals surface area contributed by atoms with Crippen molar-refractivity contribution >= 4 is 38.9 Å². The van der Waals surface area contributed by atoms with Crippen LogP contribution in [0.15, 0.2) is 47.8 Å². The van der Waals surface area contributed by atoms with E-state index < -0.39 is 11.7 Å². The van der Waals surface area contributed by atoms with E-state index in [1.54, 1.807) is 11.3 Å². The van der Waals surface area contributed by atoms with Crippen LogP contribution in [-0.4, -0.2) is 31.4 Å². The standard InChI is InChI=1S/C19H18ClFN2OS/c1-23(2)16(13-11-25-17-9-4-3-6-12(13)17)10-22-19(24)18-14(20)7-5-8-15(18)21/h3-9,11,16H,10H2,1-2H3,(H,22,24)/t16-/m0/s1. The topological polar surface area (TPSA) is 32.3 Å². The molecule has 1 N–H and O–H groups in total. The number of rotatable bonds is 5. The Hall–Kier alpha value is -1.95. The van der Waals surface area contributed by atoms with Gasteiger partial charge in [0.1, 0.15) is 5.82 Å². The van der Waals surface area contributed by atoms with Crippen molar-refractivity contribution in [1.82, 2.24) is 10.2 Å². The first-order chi connectivity index (χ1) is 12.0. The van der Waals surface area contributed by atoms with Gasteiger partial charge in [-0.3, -0.25) is 4.79 Å². The summed E-state index contributed by atoms with van der Waals surface area (Å²) in [6, 6.07) is 12.4. The van der Waals surface area contributed by atoms with E-state index in [-0.39, 0.29) is 16.6 Å². The van der Waals surface area contributed by atoms with Gasteiger partial charge in [0.15, 0.2) is 0 Å². The van der Waals surface area contributed by atoms with Crippen molar-refractivity contribution in [3.8, 4) is 0 Å². The van der Waals surface area contributed by atoms with E-state index in [4.69, 9.17) is 11.6 Å². The molecule has 0 spiro atoms. The Morgan fingerprint density at radius 3 is 2.72 bits per heavy atom. The number of hydrogen-bond donors (Lipinski definition) is 1. The average Bonchev–Trinajstić information content (AvgIpc) is 2.99. The molecule has 0 saturated carbocycles. The minimum Gasteiger partial charge on any atom is -0.350 e. The van der Waals surface area contributed by atoms with Crippen molar-refractivity contribution in [3.05, 3.63) is 69.8 Å². The summed E-state index contributed by atoms with van der Waals surface area (Å²) in [5.74, 6) is -1.12. The molecule has 0 aliphatic carbocycles. The Kier molecular flexibility index (Phi) is 5.37. The number of nitrogens with zero attached hydrogens (tertiary/aromatic N) is 1. The van der Waals surface area contributed by atoms with Gasteiger partial charge in [-0.05, 0) is 48.6 Å². The van der Waals surface area contributed by atoms with Gasteiger partial charge in [0, 0.05) is 11.2 Å². The first-order valence-electron chi connectivity index (χ1n) is 7.84. The van der Waals surface area contributed by atoms with E-state index in [2.05, 4.69) is 22.8 Å². The van der Waals surface area contributed by atoms with Gasteiger partial charge in [0.2, 0.25) is 0 Å². The third-order valence-electron chi connectivity index (χ3n) is 4.14. The van der Waals surface area contributed by atoms with Gasteiger partial charge in [-0.2, -0.15) is 0 Å². The molecule has 1 heterocycles. The maximum atomic E-state index is 13.9. The number of likely N-dealkylation sites (N-methyl/N-ethyl adjacent to an activating group) is 1. The quantitative estimate of drug-likeness (QED) is 0.698. The van der Waals surface area contributed by atoms with Gasteiger partial charge in [0.25, 0.3) is 5.91 Å². The van der Waals surface area contributed by atoms with Crippen LogP contribution in [0.4, 0.5) is 4.39 Å². The van der Waals surface area contributed by atoms with E-state index in [9.17, 15) is 9.18 Å². The fraction of sp³-hybridized carbons (Fsp3) is 0.211. The first-order valence-corrected chi connectivity index (χ1v) is 9.09. The van der Waals surface area contributed by atoms with Crippen LogP contribution in [0.25, 0.3) is 10.1 Å². The average molecular weight is 377 g/mol. The molecule has 0 bridgehead atoms. The smallest absolute Gasteiger partial charge is 0.255 e. The highest BCUT2D eigenvalue weighted by Crippen LogP contribution is 2.32. The molecular formula is C19H18ClFN2OS. The summed E-state index contributed by atoms with van der Waals surface area (Å²) in [6.45, 7) is 0.358. The maximum absolute atomic E-state index is 13.9. The molecule has 0 unspecified atom stereocenters. The molecule has 1 aromatic heterocycles. The van der Waals surface area contributed by atoms with Crippen LogP contribution >= 0.6 is 22.9 Å². The molecule has 0 fully saturated rings. The number of carbonyl (C=O) groups is 1. The number of carbonyl (C=O) groups excluding carboxylic acids is 1. The lowest BCUT2D eigenvalue weighted by Crippen LogP contribution is -2.35. The highest BCUT2D eigenvalue weighted by atomic mass is 35.5. The largest absolute Gasteiger partial charge is 0.350 e. The summed E-state index contributed by atoms with van der Waals surface area (Å²) in [5.41, 5.74) is 1.03. The molecule has 6 heteroatoms. The van der Waals surface area contributed by atoms with Crippen molar-refractivity contribution in [3.63, 3.8) is 0 Å². The number of amides is 1. The fourth-order valence-corrected chi connectivity index (χ4v) is 4.08. The van der Waals surface area contributed by atoms with Crippen molar-refractivity contribution < 1.29 is 9.18 Å². The van der Waals surface area contributed by atoms with Crippen LogP contribution in [0.1, 0.15) is 22.0 Å². The minimum absolute atomic E-state index is 0.0225. The number of nitrogens with one attached hydrogen (secondary N) is 1. The molecule has 2 aromatic carbocycles. The summed E-state index contributed by atoms with van der Waals surface area (Å²) < 4.78 is 15.1. The fourth-order valence-electron chi connectivity index (χ4n) is 2.82. The normalized spacial score (nSPS) is 12.5. The van der Waals surface area contributed by atoms with Crippen LogP contribution in [-0.2, 0) is 0 Å². The molecule has 3 rings (SSSR count). The zero-order valence-electron chi connectivity index (χ0n) is 13.9. The van der Waals surface area contributed by atoms with Crippen LogP contribution < -0.4 is 5.32 Å². The Morgan fingerprint density at radius 2 is 2.00 bits per heavy atom. The molecule has 0 aliphatic heterocycles. The third-order valence-corrected chi connectivity index (χ3v) is 5.44. The van der Waals surface area contributed by atoms with Gasteiger partial charge in [0.05, 0.1) is 16.6 Å². The number of thiophene rings is 1. The van der Waals surface area contributed by atoms with Gasteiger partial charge in [-0.25, -0.2) is 4.39 Å². The van der Waals surface area contributed by atoms with E-state index in [0.29, 0.717) is 6.54 Å². The highest BCUT2D eigenvalue weighted by Gasteiger charge is 2.21. The lowest BCUT2D eigenvalue weighted by atomic mass is 10.0. The van der Waals surface area contributed by atoms with Crippen LogP contribution in [0.2, 0.25) is 5.02 Å². The second kappa shape index (κ2) is 7.52. The maximum Gasteiger partial charge on any atom is 0.255 e. The Balaban J connectivity index is 1.83. The molecule has 0 aliphatic rings. The Bertz CT molecular complexity index is 889. The van der Waals surface area contributed by atoms with E-state index in [0.717, 1.165) is 5.56 Å². The van der Waals surface area contributed by atoms with Crippen molar-refractivity contribution in [2.75, 3.05) is 20.6 Å². The summed E-state index contributed by atoms with van der Waals surface area (Å²) >= 11 is 7.65. The number of fused-ring (bicyclic) bond motifs is 1. The van der Waals surface area contributed by atoms with Crippen LogP contribution in [0, 0.1) is 5.82 Å². The molecule has 1 amide bonds. The molecule has 1 atom stereocenters. The predicted molar refractivity (Wildman–Crippen MR) is 102 cm³/mol. The SMILES string of the molecule is CN(C)[C@@H](CNC(=O)c1c(F)cccc1Cl)c1csc2ccccc12. The van der Waals surface area contributed by atoms with Crippen molar-refractivity contribution in [2.24, 2.45) is 0 Å². The second-order valence-corrected chi connectivity index (χ2v) is 7.29. The predicted octanol–water partition coefficient (Wildman–Crippen LogP) is 4.73. The molecular weight excluding hydrogens is 359 g/mol. The van der Waals surface area contributed by atoms with Gasteiger partial charge < -0.3 is 10.2 Å². The lowest BCUT2D eigenvalue weighted by Gasteiger charge is -2.24. The van der Waals surface area contributed by atoms with Gasteiger partial charge in [-0.1, -0.05) is 35.9 Å². The Labute approximate surface area is 155 Å². The monoisotopic (exact) mass is 376 g/mol. The highest BCUT2D eigenvalue weighted by molar-refractivity contribution is 7.17. The first kappa shape index (κ1) is 17.9. The summed E-state index contributed by atoms with van der Waals surface area (Å²) in [5, 5.41) is 6.21. The summed E-state index contributed by atoms with van der Waals surface area (Å²) in [4.78, 5) is 14.4. The van der Waals surface area contributed by atoms with Gasteiger partial charge in [-0.15, -0.1) is 11.3 Å². The van der Waals surface area contributed by atoms with Gasteiger partial charge >= 0.3 is 0 Å². The van der Waals surface area contributed by atoms with Crippen molar-refractivity contribution in [2.45, 2.75) is 6.04 Å². The molecule has 3 nitrogen and oxygen atoms in total. The zero-order valence-corrected chi connectivity index (χ0v) is 15.5. The third kappa shape index (κ3) is 3.68. The molecule has 0 radical (unpaired) electrons. The molecule has 25 heavy (non-hydrogen) atoms. The van der Waals surface area contributed by atoms with E-state index in [1.165, 1.54) is 28.3 Å². The summed E-state index contributed by atoms with van der Waals surface area (Å²) in [7, 11) is 3.92. The molecule has 0 saturated heterocycles. The van der Waals surface area contributed by atoms with E-state index >= 15 is 0 Å².